The normalized spacial score (nSPS) is 15.5. The SMILES string of the molecule is CNCC(C)C(=O)NC(C)C(C)C. The van der Waals surface area contributed by atoms with Gasteiger partial charge in [-0.25, -0.2) is 0 Å². The summed E-state index contributed by atoms with van der Waals surface area (Å²) in [4.78, 5) is 11.5. The molecule has 0 aromatic rings. The van der Waals surface area contributed by atoms with Gasteiger partial charge in [-0.3, -0.25) is 4.79 Å². The van der Waals surface area contributed by atoms with Crippen molar-refractivity contribution >= 4 is 5.91 Å². The number of rotatable bonds is 5. The largest absolute Gasteiger partial charge is 0.353 e. The molecule has 0 aromatic heterocycles. The molecule has 78 valence electrons. The minimum Gasteiger partial charge on any atom is -0.353 e. The first kappa shape index (κ1) is 12.4. The van der Waals surface area contributed by atoms with Crippen LogP contribution < -0.4 is 10.6 Å². The van der Waals surface area contributed by atoms with Gasteiger partial charge in [0.05, 0.1) is 0 Å². The molecule has 0 heterocycles. The van der Waals surface area contributed by atoms with Crippen LogP contribution in [0.15, 0.2) is 0 Å². The van der Waals surface area contributed by atoms with E-state index in [1.54, 1.807) is 0 Å². The third kappa shape index (κ3) is 4.88. The molecule has 13 heavy (non-hydrogen) atoms. The second-order valence-corrected chi connectivity index (χ2v) is 4.00. The third-order valence-electron chi connectivity index (χ3n) is 2.33. The molecule has 0 bridgehead atoms. The fourth-order valence-electron chi connectivity index (χ4n) is 0.932. The minimum atomic E-state index is 0.0474. The Morgan fingerprint density at radius 1 is 1.23 bits per heavy atom. The van der Waals surface area contributed by atoms with Crippen molar-refractivity contribution in [3.05, 3.63) is 0 Å². The van der Waals surface area contributed by atoms with E-state index in [9.17, 15) is 4.79 Å². The summed E-state index contributed by atoms with van der Waals surface area (Å²) >= 11 is 0. The van der Waals surface area contributed by atoms with Crippen molar-refractivity contribution in [3.63, 3.8) is 0 Å². The number of carbonyl (C=O) groups is 1. The highest BCUT2D eigenvalue weighted by molar-refractivity contribution is 5.78. The standard InChI is InChI=1S/C10H22N2O/c1-7(2)9(4)12-10(13)8(3)6-11-5/h7-9,11H,6H2,1-5H3,(H,12,13). The zero-order valence-electron chi connectivity index (χ0n) is 9.35. The molecule has 2 N–H and O–H groups in total. The summed E-state index contributed by atoms with van der Waals surface area (Å²) in [6.07, 6.45) is 0. The molecule has 0 rings (SSSR count). The van der Waals surface area contributed by atoms with Crippen molar-refractivity contribution in [1.29, 1.82) is 0 Å². The van der Waals surface area contributed by atoms with Gasteiger partial charge in [0.15, 0.2) is 0 Å². The van der Waals surface area contributed by atoms with E-state index in [-0.39, 0.29) is 17.9 Å². The first-order valence-corrected chi connectivity index (χ1v) is 4.94. The summed E-state index contributed by atoms with van der Waals surface area (Å²) < 4.78 is 0. The lowest BCUT2D eigenvalue weighted by atomic mass is 10.0. The number of amides is 1. The van der Waals surface area contributed by atoms with Crippen LogP contribution in [0, 0.1) is 11.8 Å². The van der Waals surface area contributed by atoms with E-state index in [0.29, 0.717) is 5.92 Å². The summed E-state index contributed by atoms with van der Waals surface area (Å²) in [6, 6.07) is 0.256. The molecule has 2 unspecified atom stereocenters. The molecule has 0 saturated carbocycles. The van der Waals surface area contributed by atoms with Gasteiger partial charge in [-0.1, -0.05) is 20.8 Å². The number of hydrogen-bond donors (Lipinski definition) is 2. The van der Waals surface area contributed by atoms with Crippen LogP contribution in [0.1, 0.15) is 27.7 Å². The topological polar surface area (TPSA) is 41.1 Å². The number of nitrogens with one attached hydrogen (secondary N) is 2. The summed E-state index contributed by atoms with van der Waals surface area (Å²) in [7, 11) is 1.86. The van der Waals surface area contributed by atoms with Gasteiger partial charge in [0, 0.05) is 18.5 Å². The van der Waals surface area contributed by atoms with Gasteiger partial charge in [0.1, 0.15) is 0 Å². The summed E-state index contributed by atoms with van der Waals surface area (Å²) in [6.45, 7) is 8.91. The summed E-state index contributed by atoms with van der Waals surface area (Å²) in [5.74, 6) is 0.674. The highest BCUT2D eigenvalue weighted by Crippen LogP contribution is 2.01. The Balaban J connectivity index is 3.85. The van der Waals surface area contributed by atoms with E-state index < -0.39 is 0 Å². The lowest BCUT2D eigenvalue weighted by molar-refractivity contribution is -0.125. The van der Waals surface area contributed by atoms with Crippen molar-refractivity contribution in [2.45, 2.75) is 33.7 Å². The fourth-order valence-corrected chi connectivity index (χ4v) is 0.932. The van der Waals surface area contributed by atoms with Crippen molar-refractivity contribution in [2.75, 3.05) is 13.6 Å². The van der Waals surface area contributed by atoms with Crippen molar-refractivity contribution in [1.82, 2.24) is 10.6 Å². The lowest BCUT2D eigenvalue weighted by Gasteiger charge is -2.20. The van der Waals surface area contributed by atoms with Crippen LogP contribution in [0.4, 0.5) is 0 Å². The molecular formula is C10H22N2O. The molecular weight excluding hydrogens is 164 g/mol. The molecule has 0 aliphatic rings. The molecule has 0 aliphatic heterocycles. The van der Waals surface area contributed by atoms with Crippen molar-refractivity contribution in [2.24, 2.45) is 11.8 Å². The maximum atomic E-state index is 11.5. The molecule has 0 aromatic carbocycles. The predicted molar refractivity (Wildman–Crippen MR) is 55.5 cm³/mol. The molecule has 3 nitrogen and oxygen atoms in total. The smallest absolute Gasteiger partial charge is 0.224 e. The molecule has 3 heteroatoms. The van der Waals surface area contributed by atoms with E-state index in [2.05, 4.69) is 24.5 Å². The van der Waals surface area contributed by atoms with Crippen molar-refractivity contribution in [3.8, 4) is 0 Å². The van der Waals surface area contributed by atoms with Gasteiger partial charge in [0.25, 0.3) is 0 Å². The second-order valence-electron chi connectivity index (χ2n) is 4.00. The average Bonchev–Trinajstić information content (AvgIpc) is 2.04. The van der Waals surface area contributed by atoms with Crippen LogP contribution >= 0.6 is 0 Å². The second kappa shape index (κ2) is 5.97. The zero-order valence-corrected chi connectivity index (χ0v) is 9.35. The lowest BCUT2D eigenvalue weighted by Crippen LogP contribution is -2.41. The van der Waals surface area contributed by atoms with Crippen LogP contribution in [0.25, 0.3) is 0 Å². The van der Waals surface area contributed by atoms with E-state index in [1.807, 2.05) is 20.9 Å². The van der Waals surface area contributed by atoms with Crippen LogP contribution in [-0.2, 0) is 4.79 Å². The van der Waals surface area contributed by atoms with Crippen LogP contribution in [0.5, 0.6) is 0 Å². The van der Waals surface area contributed by atoms with E-state index in [1.165, 1.54) is 0 Å². The fraction of sp³-hybridized carbons (Fsp3) is 0.900. The summed E-state index contributed by atoms with van der Waals surface area (Å²) in [5.41, 5.74) is 0. The molecule has 1 amide bonds. The average molecular weight is 186 g/mol. The van der Waals surface area contributed by atoms with E-state index in [4.69, 9.17) is 0 Å². The van der Waals surface area contributed by atoms with Gasteiger partial charge < -0.3 is 10.6 Å². The van der Waals surface area contributed by atoms with Gasteiger partial charge in [0.2, 0.25) is 5.91 Å². The Morgan fingerprint density at radius 3 is 2.15 bits per heavy atom. The molecule has 0 fully saturated rings. The zero-order chi connectivity index (χ0) is 10.4. The van der Waals surface area contributed by atoms with E-state index >= 15 is 0 Å². The van der Waals surface area contributed by atoms with Gasteiger partial charge in [-0.15, -0.1) is 0 Å². The molecule has 2 atom stereocenters. The maximum absolute atomic E-state index is 11.5. The monoisotopic (exact) mass is 186 g/mol. The first-order valence-electron chi connectivity index (χ1n) is 4.94. The minimum absolute atomic E-state index is 0.0474. The molecule has 0 radical (unpaired) electrons. The van der Waals surface area contributed by atoms with Crippen LogP contribution in [0.2, 0.25) is 0 Å². The van der Waals surface area contributed by atoms with Crippen LogP contribution in [0.3, 0.4) is 0 Å². The summed E-state index contributed by atoms with van der Waals surface area (Å²) in [5, 5.41) is 5.97. The molecule has 0 spiro atoms. The van der Waals surface area contributed by atoms with Gasteiger partial charge in [-0.05, 0) is 19.9 Å². The van der Waals surface area contributed by atoms with Gasteiger partial charge >= 0.3 is 0 Å². The maximum Gasteiger partial charge on any atom is 0.224 e. The Labute approximate surface area is 81.3 Å². The quantitative estimate of drug-likeness (QED) is 0.672. The number of hydrogen-bond acceptors (Lipinski definition) is 2. The Kier molecular flexibility index (Phi) is 5.71. The van der Waals surface area contributed by atoms with Gasteiger partial charge in [-0.2, -0.15) is 0 Å². The predicted octanol–water partition coefficient (Wildman–Crippen LogP) is 1.00. The Bertz CT molecular complexity index is 157. The first-order chi connectivity index (χ1) is 5.99. The highest BCUT2D eigenvalue weighted by atomic mass is 16.1. The molecule has 0 saturated heterocycles. The van der Waals surface area contributed by atoms with Crippen molar-refractivity contribution < 1.29 is 4.79 Å². The Morgan fingerprint density at radius 2 is 1.77 bits per heavy atom. The highest BCUT2D eigenvalue weighted by Gasteiger charge is 2.15. The molecule has 0 aliphatic carbocycles. The van der Waals surface area contributed by atoms with E-state index in [0.717, 1.165) is 6.54 Å². The van der Waals surface area contributed by atoms with Crippen LogP contribution in [-0.4, -0.2) is 25.5 Å². The Hall–Kier alpha value is -0.570. The third-order valence-corrected chi connectivity index (χ3v) is 2.33. The number of carbonyl (C=O) groups excluding carboxylic acids is 1.